The van der Waals surface area contributed by atoms with Gasteiger partial charge in [-0.15, -0.1) is 0 Å². The second kappa shape index (κ2) is 4.16. The van der Waals surface area contributed by atoms with Crippen molar-refractivity contribution in [2.75, 3.05) is 19.6 Å². The highest BCUT2D eigenvalue weighted by molar-refractivity contribution is 5.95. The van der Waals surface area contributed by atoms with E-state index in [9.17, 15) is 4.79 Å². The van der Waals surface area contributed by atoms with Crippen LogP contribution in [0.5, 0.6) is 11.5 Å². The summed E-state index contributed by atoms with van der Waals surface area (Å²) in [6.07, 6.45) is 0. The highest BCUT2D eigenvalue weighted by atomic mass is 16.7. The first-order valence-electron chi connectivity index (χ1n) is 5.36. The van der Waals surface area contributed by atoms with Gasteiger partial charge >= 0.3 is 5.97 Å². The van der Waals surface area contributed by atoms with Gasteiger partial charge in [0.25, 0.3) is 0 Å². The summed E-state index contributed by atoms with van der Waals surface area (Å²) in [6.45, 7) is 4.04. The number of nitrogen functional groups attached to an aromatic ring is 1. The topological polar surface area (TPSA) is 70.8 Å². The fourth-order valence-electron chi connectivity index (χ4n) is 1.98. The van der Waals surface area contributed by atoms with Crippen molar-refractivity contribution in [2.24, 2.45) is 0 Å². The number of methoxy groups -OCH3 is 1. The Morgan fingerprint density at radius 2 is 2.18 bits per heavy atom. The van der Waals surface area contributed by atoms with E-state index in [-0.39, 0.29) is 12.7 Å². The molecule has 1 aliphatic heterocycles. The van der Waals surface area contributed by atoms with Crippen LogP contribution in [0.3, 0.4) is 0 Å². The van der Waals surface area contributed by atoms with Crippen LogP contribution in [-0.2, 0) is 4.74 Å². The van der Waals surface area contributed by atoms with E-state index >= 15 is 0 Å². The van der Waals surface area contributed by atoms with E-state index < -0.39 is 5.97 Å². The molecule has 0 saturated heterocycles. The molecule has 0 fully saturated rings. The van der Waals surface area contributed by atoms with Crippen molar-refractivity contribution in [1.82, 2.24) is 0 Å². The molecule has 2 rings (SSSR count). The van der Waals surface area contributed by atoms with Crippen molar-refractivity contribution in [1.29, 1.82) is 0 Å². The van der Waals surface area contributed by atoms with Gasteiger partial charge in [0, 0.05) is 0 Å². The fraction of sp³-hybridized carbons (Fsp3) is 0.417. The van der Waals surface area contributed by atoms with Crippen LogP contribution in [0.2, 0.25) is 0 Å². The Kier molecular flexibility index (Phi) is 2.83. The molecule has 0 radical (unpaired) electrons. The number of anilines is 1. The van der Waals surface area contributed by atoms with Crippen LogP contribution < -0.4 is 15.2 Å². The lowest BCUT2D eigenvalue weighted by Gasteiger charge is -2.15. The molecular formula is C12H15NO4. The number of nitrogens with two attached hydrogens (primary N) is 1. The van der Waals surface area contributed by atoms with Gasteiger partial charge in [-0.2, -0.15) is 0 Å². The number of hydrogen-bond donors (Lipinski definition) is 1. The minimum atomic E-state index is -0.418. The van der Waals surface area contributed by atoms with Crippen molar-refractivity contribution in [3.63, 3.8) is 0 Å². The SMILES string of the molecule is COC(=O)c1cc2c(c(N)c1C(C)C)OCO2. The lowest BCUT2D eigenvalue weighted by Crippen LogP contribution is -2.10. The number of ether oxygens (including phenoxy) is 3. The molecule has 5 nitrogen and oxygen atoms in total. The molecule has 1 aromatic carbocycles. The largest absolute Gasteiger partial charge is 0.465 e. The normalized spacial score (nSPS) is 12.9. The number of carbonyl (C=O) groups is 1. The van der Waals surface area contributed by atoms with Crippen molar-refractivity contribution >= 4 is 11.7 Å². The van der Waals surface area contributed by atoms with Gasteiger partial charge in [-0.3, -0.25) is 0 Å². The first kappa shape index (κ1) is 11.6. The molecule has 92 valence electrons. The third-order valence-corrected chi connectivity index (χ3v) is 2.72. The van der Waals surface area contributed by atoms with Crippen LogP contribution in [-0.4, -0.2) is 19.9 Å². The molecular weight excluding hydrogens is 222 g/mol. The van der Waals surface area contributed by atoms with Gasteiger partial charge < -0.3 is 19.9 Å². The van der Waals surface area contributed by atoms with Crippen molar-refractivity contribution in [2.45, 2.75) is 19.8 Å². The summed E-state index contributed by atoms with van der Waals surface area (Å²) in [6, 6.07) is 1.62. The van der Waals surface area contributed by atoms with Gasteiger partial charge in [0.15, 0.2) is 11.5 Å². The van der Waals surface area contributed by atoms with Gasteiger partial charge in [-0.25, -0.2) is 4.79 Å². The molecule has 0 bridgehead atoms. The summed E-state index contributed by atoms with van der Waals surface area (Å²) in [5, 5.41) is 0. The fourth-order valence-corrected chi connectivity index (χ4v) is 1.98. The molecule has 0 atom stereocenters. The first-order chi connectivity index (χ1) is 8.06. The molecule has 0 aromatic heterocycles. The molecule has 0 unspecified atom stereocenters. The van der Waals surface area contributed by atoms with E-state index in [1.165, 1.54) is 7.11 Å². The van der Waals surface area contributed by atoms with Crippen LogP contribution in [0.4, 0.5) is 5.69 Å². The molecule has 5 heteroatoms. The third-order valence-electron chi connectivity index (χ3n) is 2.72. The maximum absolute atomic E-state index is 11.7. The highest BCUT2D eigenvalue weighted by Crippen LogP contribution is 2.44. The average Bonchev–Trinajstić information content (AvgIpc) is 2.75. The maximum Gasteiger partial charge on any atom is 0.338 e. The second-order valence-corrected chi connectivity index (χ2v) is 4.13. The minimum Gasteiger partial charge on any atom is -0.465 e. The summed E-state index contributed by atoms with van der Waals surface area (Å²) in [5.74, 6) is 0.686. The Morgan fingerprint density at radius 3 is 2.76 bits per heavy atom. The number of benzene rings is 1. The van der Waals surface area contributed by atoms with Crippen LogP contribution in [0.1, 0.15) is 35.7 Å². The Morgan fingerprint density at radius 1 is 1.47 bits per heavy atom. The number of carbonyl (C=O) groups excluding carboxylic acids is 1. The first-order valence-corrected chi connectivity index (χ1v) is 5.36. The van der Waals surface area contributed by atoms with Crippen LogP contribution in [0, 0.1) is 0 Å². The van der Waals surface area contributed by atoms with E-state index in [4.69, 9.17) is 19.9 Å². The lowest BCUT2D eigenvalue weighted by molar-refractivity contribution is 0.0598. The van der Waals surface area contributed by atoms with Crippen molar-refractivity contribution in [3.8, 4) is 11.5 Å². The molecule has 0 saturated carbocycles. The molecule has 0 amide bonds. The van der Waals surface area contributed by atoms with Crippen molar-refractivity contribution in [3.05, 3.63) is 17.2 Å². The smallest absolute Gasteiger partial charge is 0.338 e. The van der Waals surface area contributed by atoms with Gasteiger partial charge in [0.05, 0.1) is 18.4 Å². The summed E-state index contributed by atoms with van der Waals surface area (Å²) >= 11 is 0. The van der Waals surface area contributed by atoms with Gasteiger partial charge in [0.2, 0.25) is 6.79 Å². The zero-order valence-electron chi connectivity index (χ0n) is 10.1. The summed E-state index contributed by atoms with van der Waals surface area (Å²) in [7, 11) is 1.34. The number of hydrogen-bond acceptors (Lipinski definition) is 5. The summed E-state index contributed by atoms with van der Waals surface area (Å²) in [5.41, 5.74) is 7.64. The number of fused-ring (bicyclic) bond motifs is 1. The molecule has 0 spiro atoms. The predicted molar refractivity (Wildman–Crippen MR) is 62.4 cm³/mol. The summed E-state index contributed by atoms with van der Waals surface area (Å²) in [4.78, 5) is 11.7. The predicted octanol–water partition coefficient (Wildman–Crippen LogP) is 1.91. The molecule has 1 aromatic rings. The summed E-state index contributed by atoms with van der Waals surface area (Å²) < 4.78 is 15.3. The average molecular weight is 237 g/mol. The van der Waals surface area contributed by atoms with Crippen LogP contribution in [0.25, 0.3) is 0 Å². The standard InChI is InChI=1S/C12H15NO4/c1-6(2)9-7(12(14)15-3)4-8-11(10(9)13)17-5-16-8/h4,6H,5,13H2,1-3H3. The zero-order valence-corrected chi connectivity index (χ0v) is 10.1. The zero-order chi connectivity index (χ0) is 12.6. The van der Waals surface area contributed by atoms with E-state index in [0.29, 0.717) is 22.7 Å². The van der Waals surface area contributed by atoms with Gasteiger partial charge in [-0.05, 0) is 17.5 Å². The molecule has 1 heterocycles. The third kappa shape index (κ3) is 1.77. The number of esters is 1. The Bertz CT molecular complexity index is 468. The second-order valence-electron chi connectivity index (χ2n) is 4.13. The molecule has 2 N–H and O–H groups in total. The molecule has 0 aliphatic carbocycles. The molecule has 1 aliphatic rings. The quantitative estimate of drug-likeness (QED) is 0.628. The molecule has 17 heavy (non-hydrogen) atoms. The highest BCUT2D eigenvalue weighted by Gasteiger charge is 2.27. The van der Waals surface area contributed by atoms with E-state index in [2.05, 4.69) is 0 Å². The van der Waals surface area contributed by atoms with Gasteiger partial charge in [0.1, 0.15) is 0 Å². The lowest BCUT2D eigenvalue weighted by atomic mass is 9.94. The van der Waals surface area contributed by atoms with Gasteiger partial charge in [-0.1, -0.05) is 13.8 Å². The van der Waals surface area contributed by atoms with Crippen LogP contribution in [0.15, 0.2) is 6.07 Å². The number of rotatable bonds is 2. The Hall–Kier alpha value is -1.91. The Balaban J connectivity index is 2.65. The van der Waals surface area contributed by atoms with Crippen LogP contribution >= 0.6 is 0 Å². The van der Waals surface area contributed by atoms with E-state index in [1.54, 1.807) is 6.07 Å². The van der Waals surface area contributed by atoms with E-state index in [1.807, 2.05) is 13.8 Å². The van der Waals surface area contributed by atoms with E-state index in [0.717, 1.165) is 5.56 Å². The minimum absolute atomic E-state index is 0.0959. The Labute approximate surface area is 99.5 Å². The monoisotopic (exact) mass is 237 g/mol. The maximum atomic E-state index is 11.7. The van der Waals surface area contributed by atoms with Crippen molar-refractivity contribution < 1.29 is 19.0 Å².